The van der Waals surface area contributed by atoms with Gasteiger partial charge in [-0.25, -0.2) is 0 Å². The largest absolute Gasteiger partial charge is 0.316 e. The van der Waals surface area contributed by atoms with Crippen molar-refractivity contribution in [1.29, 1.82) is 0 Å². The lowest BCUT2D eigenvalue weighted by Gasteiger charge is -2.34. The molecule has 0 radical (unpaired) electrons. The van der Waals surface area contributed by atoms with E-state index in [0.29, 0.717) is 5.41 Å². The Morgan fingerprint density at radius 2 is 2.10 bits per heavy atom. The Balaban J connectivity index is 1.86. The molecule has 1 N–H and O–H groups in total. The Morgan fingerprint density at radius 3 is 2.67 bits per heavy atom. The summed E-state index contributed by atoms with van der Waals surface area (Å²) in [7, 11) is 2.27. The monoisotopic (exact) mass is 372 g/mol. The Kier molecular flexibility index (Phi) is 6.73. The molecule has 4 heteroatoms. The normalized spacial score (nSPS) is 18.0. The third-order valence-corrected chi connectivity index (χ3v) is 5.95. The second-order valence-corrected chi connectivity index (χ2v) is 9.45. The molecule has 0 bridgehead atoms. The van der Waals surface area contributed by atoms with Crippen LogP contribution in [0.2, 0.25) is 0 Å². The molecular weight excluding hydrogens is 344 g/mol. The molecule has 0 aliphatic heterocycles. The van der Waals surface area contributed by atoms with E-state index in [4.69, 9.17) is 0 Å². The molecule has 1 aromatic rings. The van der Waals surface area contributed by atoms with Crippen LogP contribution in [0.25, 0.3) is 0 Å². The Labute approximate surface area is 142 Å². The maximum Gasteiger partial charge on any atom is 0.0701 e. The van der Waals surface area contributed by atoms with Crippen molar-refractivity contribution in [2.45, 2.75) is 46.1 Å². The average molecular weight is 373 g/mol. The topological polar surface area (TPSA) is 15.3 Å². The van der Waals surface area contributed by atoms with Crippen molar-refractivity contribution in [3.8, 4) is 0 Å². The Hall–Kier alpha value is 0.100. The van der Waals surface area contributed by atoms with Crippen molar-refractivity contribution in [2.75, 3.05) is 26.7 Å². The summed E-state index contributed by atoms with van der Waals surface area (Å²) in [4.78, 5) is 2.51. The molecule has 0 aromatic carbocycles. The first kappa shape index (κ1) is 17.5. The van der Waals surface area contributed by atoms with Gasteiger partial charge < -0.3 is 10.2 Å². The number of rotatable bonds is 8. The van der Waals surface area contributed by atoms with Crippen LogP contribution in [0.5, 0.6) is 0 Å². The van der Waals surface area contributed by atoms with E-state index in [1.54, 1.807) is 11.3 Å². The van der Waals surface area contributed by atoms with E-state index in [1.807, 2.05) is 0 Å². The highest BCUT2D eigenvalue weighted by atomic mass is 79.9. The van der Waals surface area contributed by atoms with Gasteiger partial charge in [-0.2, -0.15) is 0 Å². The van der Waals surface area contributed by atoms with Crippen LogP contribution in [-0.2, 0) is 6.54 Å². The molecule has 1 fully saturated rings. The smallest absolute Gasteiger partial charge is 0.0701 e. The molecule has 0 amide bonds. The van der Waals surface area contributed by atoms with E-state index in [9.17, 15) is 0 Å². The minimum atomic E-state index is 0.497. The van der Waals surface area contributed by atoms with Crippen molar-refractivity contribution in [2.24, 2.45) is 11.3 Å². The van der Waals surface area contributed by atoms with Crippen LogP contribution in [0.3, 0.4) is 0 Å². The predicted molar refractivity (Wildman–Crippen MR) is 97.0 cm³/mol. The van der Waals surface area contributed by atoms with Crippen LogP contribution in [0, 0.1) is 11.3 Å². The third-order valence-electron chi connectivity index (χ3n) is 4.40. The summed E-state index contributed by atoms with van der Waals surface area (Å²) in [5.74, 6) is 0.740. The first-order valence-corrected chi connectivity index (χ1v) is 9.78. The van der Waals surface area contributed by atoms with Crippen molar-refractivity contribution in [3.63, 3.8) is 0 Å². The van der Waals surface area contributed by atoms with Crippen LogP contribution in [0.1, 0.15) is 45.1 Å². The molecule has 2 rings (SSSR count). The lowest BCUT2D eigenvalue weighted by atomic mass is 9.85. The SMILES string of the molecule is CC(C)CNCC1(CN(C)Cc2csc(Br)c2)CCCC1. The summed E-state index contributed by atoms with van der Waals surface area (Å²) in [6, 6.07) is 2.25. The summed E-state index contributed by atoms with van der Waals surface area (Å²) in [6.07, 6.45) is 5.58. The molecule has 1 heterocycles. The molecule has 1 aromatic heterocycles. The molecular formula is C17H29BrN2S. The second-order valence-electron chi connectivity index (χ2n) is 7.16. The molecule has 0 atom stereocenters. The molecule has 1 saturated carbocycles. The van der Waals surface area contributed by atoms with Crippen LogP contribution >= 0.6 is 27.3 Å². The van der Waals surface area contributed by atoms with Gasteiger partial charge in [0.25, 0.3) is 0 Å². The van der Waals surface area contributed by atoms with Gasteiger partial charge in [0.2, 0.25) is 0 Å². The molecule has 0 spiro atoms. The highest BCUT2D eigenvalue weighted by Crippen LogP contribution is 2.38. The zero-order chi connectivity index (χ0) is 15.3. The van der Waals surface area contributed by atoms with Crippen molar-refractivity contribution < 1.29 is 0 Å². The van der Waals surface area contributed by atoms with Gasteiger partial charge in [0.1, 0.15) is 0 Å². The third kappa shape index (κ3) is 5.66. The minimum absolute atomic E-state index is 0.497. The molecule has 1 aliphatic rings. The number of hydrogen-bond donors (Lipinski definition) is 1. The summed E-state index contributed by atoms with van der Waals surface area (Å²) in [5.41, 5.74) is 1.93. The number of nitrogens with zero attached hydrogens (tertiary/aromatic N) is 1. The van der Waals surface area contributed by atoms with Crippen LogP contribution < -0.4 is 5.32 Å². The quantitative estimate of drug-likeness (QED) is 0.708. The van der Waals surface area contributed by atoms with Gasteiger partial charge in [0, 0.05) is 19.6 Å². The van der Waals surface area contributed by atoms with Crippen LogP contribution in [-0.4, -0.2) is 31.6 Å². The highest BCUT2D eigenvalue weighted by molar-refractivity contribution is 9.11. The van der Waals surface area contributed by atoms with E-state index in [-0.39, 0.29) is 0 Å². The Bertz CT molecular complexity index is 424. The summed E-state index contributed by atoms with van der Waals surface area (Å²) in [5, 5.41) is 5.97. The van der Waals surface area contributed by atoms with E-state index in [1.165, 1.54) is 48.1 Å². The standard InChI is InChI=1S/C17H29BrN2S/c1-14(2)9-19-12-17(6-4-5-7-17)13-20(3)10-15-8-16(18)21-11-15/h8,11,14,19H,4-7,9-10,12-13H2,1-3H3. The zero-order valence-corrected chi connectivity index (χ0v) is 16.0. The van der Waals surface area contributed by atoms with E-state index in [0.717, 1.165) is 19.0 Å². The first-order chi connectivity index (χ1) is 9.99. The predicted octanol–water partition coefficient (Wildman–Crippen LogP) is 4.75. The number of hydrogen-bond acceptors (Lipinski definition) is 3. The van der Waals surface area contributed by atoms with E-state index in [2.05, 4.69) is 58.5 Å². The molecule has 1 aliphatic carbocycles. The van der Waals surface area contributed by atoms with E-state index >= 15 is 0 Å². The summed E-state index contributed by atoms with van der Waals surface area (Å²) >= 11 is 5.34. The fraction of sp³-hybridized carbons (Fsp3) is 0.765. The molecule has 120 valence electrons. The molecule has 2 nitrogen and oxygen atoms in total. The maximum absolute atomic E-state index is 3.71. The molecule has 21 heavy (non-hydrogen) atoms. The maximum atomic E-state index is 3.71. The van der Waals surface area contributed by atoms with Gasteiger partial charge in [-0.05, 0) is 70.7 Å². The lowest BCUT2D eigenvalue weighted by Crippen LogP contribution is -2.41. The van der Waals surface area contributed by atoms with Gasteiger partial charge in [0.15, 0.2) is 0 Å². The van der Waals surface area contributed by atoms with Gasteiger partial charge in [0.05, 0.1) is 3.79 Å². The average Bonchev–Trinajstić information content (AvgIpc) is 2.99. The van der Waals surface area contributed by atoms with Crippen molar-refractivity contribution >= 4 is 27.3 Å². The lowest BCUT2D eigenvalue weighted by molar-refractivity contribution is 0.166. The first-order valence-electron chi connectivity index (χ1n) is 8.11. The van der Waals surface area contributed by atoms with E-state index < -0.39 is 0 Å². The van der Waals surface area contributed by atoms with Gasteiger partial charge in [-0.3, -0.25) is 0 Å². The zero-order valence-electron chi connectivity index (χ0n) is 13.6. The highest BCUT2D eigenvalue weighted by Gasteiger charge is 2.34. The van der Waals surface area contributed by atoms with Gasteiger partial charge in [-0.15, -0.1) is 11.3 Å². The van der Waals surface area contributed by atoms with Gasteiger partial charge >= 0.3 is 0 Å². The van der Waals surface area contributed by atoms with Gasteiger partial charge in [-0.1, -0.05) is 26.7 Å². The Morgan fingerprint density at radius 1 is 1.38 bits per heavy atom. The molecule has 0 saturated heterocycles. The summed E-state index contributed by atoms with van der Waals surface area (Å²) < 4.78 is 1.24. The fourth-order valence-corrected chi connectivity index (χ4v) is 4.71. The van der Waals surface area contributed by atoms with Crippen LogP contribution in [0.4, 0.5) is 0 Å². The minimum Gasteiger partial charge on any atom is -0.316 e. The number of nitrogens with one attached hydrogen (secondary N) is 1. The molecule has 0 unspecified atom stereocenters. The van der Waals surface area contributed by atoms with Crippen molar-refractivity contribution in [3.05, 3.63) is 20.8 Å². The summed E-state index contributed by atoms with van der Waals surface area (Å²) in [6.45, 7) is 9.18. The second kappa shape index (κ2) is 8.09. The number of thiophene rings is 1. The fourth-order valence-electron chi connectivity index (χ4n) is 3.51. The van der Waals surface area contributed by atoms with Crippen molar-refractivity contribution in [1.82, 2.24) is 10.2 Å². The van der Waals surface area contributed by atoms with Crippen LogP contribution in [0.15, 0.2) is 15.2 Å². The number of halogens is 1.